The predicted octanol–water partition coefficient (Wildman–Crippen LogP) is 2.98. The molecule has 0 heterocycles. The molecule has 1 amide bonds. The van der Waals surface area contributed by atoms with Crippen molar-refractivity contribution in [3.63, 3.8) is 0 Å². The van der Waals surface area contributed by atoms with Crippen LogP contribution in [0.25, 0.3) is 0 Å². The molecule has 0 aliphatic rings. The predicted molar refractivity (Wildman–Crippen MR) is 56.3 cm³/mol. The second-order valence-electron chi connectivity index (χ2n) is 2.41. The van der Waals surface area contributed by atoms with Crippen molar-refractivity contribution in [1.82, 2.24) is 5.32 Å². The lowest BCUT2D eigenvalue weighted by molar-refractivity contribution is -0.121. The number of amides is 1. The molecule has 0 aromatic carbocycles. The quantitative estimate of drug-likeness (QED) is 0.639. The highest BCUT2D eigenvalue weighted by molar-refractivity contribution is 5.75. The third-order valence-electron chi connectivity index (χ3n) is 1.38. The highest BCUT2D eigenvalue weighted by atomic mass is 16.1. The van der Waals surface area contributed by atoms with Crippen molar-refractivity contribution in [2.24, 2.45) is 0 Å². The van der Waals surface area contributed by atoms with E-state index in [9.17, 15) is 4.79 Å². The molecule has 0 aliphatic heterocycles. The Morgan fingerprint density at radius 1 is 1.25 bits per heavy atom. The van der Waals surface area contributed by atoms with Crippen molar-refractivity contribution < 1.29 is 6.22 Å². The van der Waals surface area contributed by atoms with Crippen LogP contribution in [0.15, 0.2) is 0 Å². The first-order valence-electron chi connectivity index (χ1n) is 5.08. The number of rotatable bonds is 5. The van der Waals surface area contributed by atoms with Crippen LogP contribution in [0.1, 0.15) is 54.8 Å². The smallest absolute Gasteiger partial charge is 0.219 e. The van der Waals surface area contributed by atoms with E-state index in [0.29, 0.717) is 6.42 Å². The van der Waals surface area contributed by atoms with Gasteiger partial charge in [0.05, 0.1) is 0 Å². The van der Waals surface area contributed by atoms with Crippen LogP contribution in [0.2, 0.25) is 0 Å². The first-order valence-corrected chi connectivity index (χ1v) is 5.08. The number of hydrogen-bond donors (Lipinski definition) is 1. The molecule has 76 valence electrons. The largest absolute Gasteiger partial charge is 0.356 e. The summed E-state index contributed by atoms with van der Waals surface area (Å²) in [4.78, 5) is 10.8. The zero-order valence-corrected chi connectivity index (χ0v) is 8.94. The lowest BCUT2D eigenvalue weighted by atomic mass is 10.2. The van der Waals surface area contributed by atoms with E-state index < -0.39 is 0 Å². The summed E-state index contributed by atoms with van der Waals surface area (Å²) in [6, 6.07) is 0. The minimum atomic E-state index is 0. The van der Waals surface area contributed by atoms with Crippen molar-refractivity contribution >= 4 is 5.91 Å². The Morgan fingerprint density at radius 2 is 1.83 bits per heavy atom. The molecular formula is C10H25NO. The Balaban J connectivity index is -0.000000309. The van der Waals surface area contributed by atoms with Gasteiger partial charge < -0.3 is 5.32 Å². The second kappa shape index (κ2) is 13.1. The highest BCUT2D eigenvalue weighted by Crippen LogP contribution is 1.97. The van der Waals surface area contributed by atoms with Crippen molar-refractivity contribution in [3.05, 3.63) is 0 Å². The Labute approximate surface area is 78.2 Å². The highest BCUT2D eigenvalue weighted by Gasteiger charge is 1.96. The molecule has 0 unspecified atom stereocenters. The summed E-state index contributed by atoms with van der Waals surface area (Å²) in [5, 5.41) is 2.77. The number of unbranched alkanes of at least 4 members (excludes halogenated alkanes) is 2. The first-order chi connectivity index (χ1) is 5.81. The first kappa shape index (κ1) is 14.0. The minimum absolute atomic E-state index is 0. The van der Waals surface area contributed by atoms with Gasteiger partial charge in [-0.05, 0) is 13.3 Å². The molecular weight excluding hydrogens is 150 g/mol. The second-order valence-corrected chi connectivity index (χ2v) is 2.41. The molecule has 2 heteroatoms. The van der Waals surface area contributed by atoms with Crippen LogP contribution in [0.3, 0.4) is 0 Å². The van der Waals surface area contributed by atoms with Gasteiger partial charge in [0.1, 0.15) is 0 Å². The van der Waals surface area contributed by atoms with Crippen LogP contribution in [0, 0.1) is 0 Å². The summed E-state index contributed by atoms with van der Waals surface area (Å²) in [5.74, 6) is 0.191. The van der Waals surface area contributed by atoms with Gasteiger partial charge in [-0.15, -0.1) is 0 Å². The van der Waals surface area contributed by atoms with Crippen LogP contribution < -0.4 is 5.32 Å². The minimum Gasteiger partial charge on any atom is -0.356 e. The topological polar surface area (TPSA) is 29.1 Å². The fraction of sp³-hybridized carbons (Fsp3) is 0.900. The van der Waals surface area contributed by atoms with E-state index in [1.807, 2.05) is 20.8 Å². The van der Waals surface area contributed by atoms with Crippen molar-refractivity contribution in [2.45, 2.75) is 53.4 Å². The van der Waals surface area contributed by atoms with Crippen molar-refractivity contribution in [1.29, 1.82) is 0 Å². The van der Waals surface area contributed by atoms with E-state index in [0.717, 1.165) is 19.4 Å². The molecule has 2 nitrogen and oxygen atoms in total. The van der Waals surface area contributed by atoms with Crippen LogP contribution in [-0.2, 0) is 4.79 Å². The Bertz CT molecular complexity index is 96.9. The Hall–Kier alpha value is -0.530. The molecule has 0 saturated heterocycles. The standard InChI is InChI=1S/C8H17NO.C2H6.H2/c1-3-5-6-7-8(10)9-4-2;1-2;/h3-7H2,1-2H3,(H,9,10);1-2H3;1H. The molecule has 0 atom stereocenters. The fourth-order valence-electron chi connectivity index (χ4n) is 0.821. The number of nitrogens with one attached hydrogen (secondary N) is 1. The van der Waals surface area contributed by atoms with E-state index in [-0.39, 0.29) is 7.33 Å². The van der Waals surface area contributed by atoms with E-state index >= 15 is 0 Å². The van der Waals surface area contributed by atoms with Gasteiger partial charge in [-0.1, -0.05) is 33.6 Å². The van der Waals surface area contributed by atoms with Crippen LogP contribution in [0.5, 0.6) is 0 Å². The summed E-state index contributed by atoms with van der Waals surface area (Å²) in [7, 11) is 0. The third kappa shape index (κ3) is 12.2. The van der Waals surface area contributed by atoms with E-state index in [4.69, 9.17) is 0 Å². The van der Waals surface area contributed by atoms with Gasteiger partial charge in [0.15, 0.2) is 0 Å². The summed E-state index contributed by atoms with van der Waals surface area (Å²) in [6.45, 7) is 8.83. The SMILES string of the molecule is CC.CCCCCC(=O)NCC.[HH]. The van der Waals surface area contributed by atoms with Crippen molar-refractivity contribution in [2.75, 3.05) is 6.54 Å². The van der Waals surface area contributed by atoms with E-state index in [1.54, 1.807) is 0 Å². The zero-order chi connectivity index (χ0) is 9.82. The third-order valence-corrected chi connectivity index (χ3v) is 1.38. The van der Waals surface area contributed by atoms with Crippen LogP contribution in [-0.4, -0.2) is 12.5 Å². The van der Waals surface area contributed by atoms with E-state index in [1.165, 1.54) is 6.42 Å². The van der Waals surface area contributed by atoms with Gasteiger partial charge in [0.2, 0.25) is 5.91 Å². The number of hydrogen-bond acceptors (Lipinski definition) is 1. The van der Waals surface area contributed by atoms with Gasteiger partial charge in [-0.2, -0.15) is 0 Å². The Kier molecular flexibility index (Phi) is 15.3. The van der Waals surface area contributed by atoms with E-state index in [2.05, 4.69) is 12.2 Å². The lowest BCUT2D eigenvalue weighted by Crippen LogP contribution is -2.21. The van der Waals surface area contributed by atoms with Crippen LogP contribution in [0.4, 0.5) is 0 Å². The summed E-state index contributed by atoms with van der Waals surface area (Å²) in [6.07, 6.45) is 4.07. The molecule has 0 bridgehead atoms. The maximum absolute atomic E-state index is 10.8. The van der Waals surface area contributed by atoms with Gasteiger partial charge in [0.25, 0.3) is 0 Å². The van der Waals surface area contributed by atoms with Crippen molar-refractivity contribution in [3.8, 4) is 0 Å². The number of carbonyl (C=O) groups is 1. The fourth-order valence-corrected chi connectivity index (χ4v) is 0.821. The maximum atomic E-state index is 10.8. The lowest BCUT2D eigenvalue weighted by Gasteiger charge is -1.99. The van der Waals surface area contributed by atoms with Gasteiger partial charge in [-0.25, -0.2) is 0 Å². The normalized spacial score (nSPS) is 8.33. The monoisotopic (exact) mass is 175 g/mol. The molecule has 12 heavy (non-hydrogen) atoms. The molecule has 0 rings (SSSR count). The molecule has 0 saturated carbocycles. The molecule has 0 spiro atoms. The molecule has 0 radical (unpaired) electrons. The average Bonchev–Trinajstić information content (AvgIpc) is 2.09. The zero-order valence-electron chi connectivity index (χ0n) is 8.94. The van der Waals surface area contributed by atoms with Gasteiger partial charge >= 0.3 is 0 Å². The Morgan fingerprint density at radius 3 is 2.25 bits per heavy atom. The summed E-state index contributed by atoms with van der Waals surface area (Å²) < 4.78 is 0. The molecule has 0 aliphatic carbocycles. The van der Waals surface area contributed by atoms with Gasteiger partial charge in [-0.3, -0.25) is 4.79 Å². The summed E-state index contributed by atoms with van der Waals surface area (Å²) >= 11 is 0. The molecule has 0 fully saturated rings. The molecule has 0 aromatic heterocycles. The maximum Gasteiger partial charge on any atom is 0.219 e. The van der Waals surface area contributed by atoms with Gasteiger partial charge in [0, 0.05) is 14.4 Å². The summed E-state index contributed by atoms with van der Waals surface area (Å²) in [5.41, 5.74) is 0. The number of carbonyl (C=O) groups excluding carboxylic acids is 1. The molecule has 0 aromatic rings. The molecule has 1 N–H and O–H groups in total. The average molecular weight is 175 g/mol. The van der Waals surface area contributed by atoms with Crippen LogP contribution >= 0.6 is 0 Å².